The number of hydrogen-bond donors (Lipinski definition) is 1. The van der Waals surface area contributed by atoms with Gasteiger partial charge in [0.25, 0.3) is 0 Å². The Labute approximate surface area is 118 Å². The van der Waals surface area contributed by atoms with Crippen molar-refractivity contribution in [3.63, 3.8) is 0 Å². The molecule has 0 spiro atoms. The van der Waals surface area contributed by atoms with Crippen LogP contribution >= 0.6 is 23.2 Å². The zero-order chi connectivity index (χ0) is 13.4. The molecule has 19 heavy (non-hydrogen) atoms. The smallest absolute Gasteiger partial charge is 0.227 e. The fourth-order valence-electron chi connectivity index (χ4n) is 1.93. The molecule has 1 N–H and O–H groups in total. The number of halogens is 2. The van der Waals surface area contributed by atoms with Crippen LogP contribution in [0.5, 0.6) is 5.75 Å². The number of phenolic OH excluding ortho intramolecular Hbond substituents is 1. The van der Waals surface area contributed by atoms with Gasteiger partial charge < -0.3 is 5.11 Å². The molecule has 1 heterocycles. The molecule has 0 radical (unpaired) electrons. The van der Waals surface area contributed by atoms with E-state index in [0.29, 0.717) is 5.56 Å². The van der Waals surface area contributed by atoms with Gasteiger partial charge in [-0.15, -0.1) is 0 Å². The van der Waals surface area contributed by atoms with E-state index < -0.39 is 0 Å². The first-order valence-electron chi connectivity index (χ1n) is 5.43. The zero-order valence-electron chi connectivity index (χ0n) is 9.51. The van der Waals surface area contributed by atoms with E-state index in [1.807, 2.05) is 30.3 Å². The Balaban J connectivity index is 2.38. The standard InChI is InChI=1S/C13H7Cl2N3O/c14-12-16-11(17-13(15)18-12)10-8-4-2-1-3-7(8)5-6-9(10)19/h1-6,19H. The molecular weight excluding hydrogens is 285 g/mol. The van der Waals surface area contributed by atoms with Crippen LogP contribution in [0.15, 0.2) is 36.4 Å². The van der Waals surface area contributed by atoms with Crippen LogP contribution in [0, 0.1) is 0 Å². The quantitative estimate of drug-likeness (QED) is 0.743. The van der Waals surface area contributed by atoms with Gasteiger partial charge in [0.2, 0.25) is 10.6 Å². The fourth-order valence-corrected chi connectivity index (χ4v) is 2.30. The van der Waals surface area contributed by atoms with Crippen molar-refractivity contribution >= 4 is 34.0 Å². The second kappa shape index (κ2) is 4.64. The van der Waals surface area contributed by atoms with Gasteiger partial charge in [0.1, 0.15) is 5.75 Å². The summed E-state index contributed by atoms with van der Waals surface area (Å²) < 4.78 is 0. The minimum Gasteiger partial charge on any atom is -0.507 e. The largest absolute Gasteiger partial charge is 0.507 e. The number of rotatable bonds is 1. The number of phenols is 1. The highest BCUT2D eigenvalue weighted by molar-refractivity contribution is 6.31. The summed E-state index contributed by atoms with van der Waals surface area (Å²) in [5, 5.41) is 11.8. The van der Waals surface area contributed by atoms with Crippen LogP contribution in [0.1, 0.15) is 0 Å². The average Bonchev–Trinajstić information content (AvgIpc) is 2.37. The lowest BCUT2D eigenvalue weighted by Gasteiger charge is -2.08. The third-order valence-corrected chi connectivity index (χ3v) is 3.05. The van der Waals surface area contributed by atoms with Gasteiger partial charge in [-0.25, -0.2) is 0 Å². The van der Waals surface area contributed by atoms with Crippen LogP contribution in [-0.4, -0.2) is 20.1 Å². The molecule has 6 heteroatoms. The lowest BCUT2D eigenvalue weighted by Crippen LogP contribution is -1.94. The molecule has 2 aromatic carbocycles. The number of nitrogens with zero attached hydrogens (tertiary/aromatic N) is 3. The van der Waals surface area contributed by atoms with Gasteiger partial charge in [0.05, 0.1) is 5.56 Å². The summed E-state index contributed by atoms with van der Waals surface area (Å²) >= 11 is 11.6. The van der Waals surface area contributed by atoms with Crippen molar-refractivity contribution in [1.29, 1.82) is 0 Å². The van der Waals surface area contributed by atoms with Crippen LogP contribution in [0.4, 0.5) is 0 Å². The summed E-state index contributed by atoms with van der Waals surface area (Å²) in [6.45, 7) is 0. The van der Waals surface area contributed by atoms with Gasteiger partial charge in [-0.3, -0.25) is 0 Å². The Morgan fingerprint density at radius 1 is 0.842 bits per heavy atom. The SMILES string of the molecule is Oc1ccc2ccccc2c1-c1nc(Cl)nc(Cl)n1. The fraction of sp³-hybridized carbons (Fsp3) is 0. The number of benzene rings is 2. The highest BCUT2D eigenvalue weighted by Crippen LogP contribution is 2.34. The molecular formula is C13H7Cl2N3O. The molecule has 0 saturated heterocycles. The van der Waals surface area contributed by atoms with E-state index in [9.17, 15) is 5.11 Å². The summed E-state index contributed by atoms with van der Waals surface area (Å²) in [5.74, 6) is 0.316. The highest BCUT2D eigenvalue weighted by Gasteiger charge is 2.14. The molecule has 0 unspecified atom stereocenters. The maximum absolute atomic E-state index is 10.1. The Hall–Kier alpha value is -1.91. The van der Waals surface area contributed by atoms with Crippen molar-refractivity contribution in [2.75, 3.05) is 0 Å². The Bertz CT molecular complexity index is 757. The summed E-state index contributed by atoms with van der Waals surface area (Å²) in [7, 11) is 0. The molecule has 3 rings (SSSR count). The van der Waals surface area contributed by atoms with E-state index in [2.05, 4.69) is 15.0 Å². The second-order valence-electron chi connectivity index (χ2n) is 3.88. The third-order valence-electron chi connectivity index (χ3n) is 2.71. The topological polar surface area (TPSA) is 58.9 Å². The number of aromatic nitrogens is 3. The van der Waals surface area contributed by atoms with Gasteiger partial charge in [0, 0.05) is 0 Å². The summed E-state index contributed by atoms with van der Waals surface area (Å²) in [5.41, 5.74) is 0.490. The minimum atomic E-state index is -0.0117. The summed E-state index contributed by atoms with van der Waals surface area (Å²) in [6, 6.07) is 11.0. The third kappa shape index (κ3) is 2.20. The monoisotopic (exact) mass is 291 g/mol. The molecule has 1 aromatic heterocycles. The van der Waals surface area contributed by atoms with Crippen molar-refractivity contribution in [3.8, 4) is 17.1 Å². The van der Waals surface area contributed by atoms with Gasteiger partial charge in [0.15, 0.2) is 5.82 Å². The lowest BCUT2D eigenvalue weighted by atomic mass is 10.0. The summed E-state index contributed by atoms with van der Waals surface area (Å²) in [6.07, 6.45) is 0. The van der Waals surface area contributed by atoms with Gasteiger partial charge in [-0.1, -0.05) is 30.3 Å². The molecule has 3 aromatic rings. The van der Waals surface area contributed by atoms with Crippen molar-refractivity contribution in [1.82, 2.24) is 15.0 Å². The van der Waals surface area contributed by atoms with Crippen LogP contribution in [0.2, 0.25) is 10.6 Å². The first-order valence-corrected chi connectivity index (χ1v) is 6.19. The van der Waals surface area contributed by atoms with E-state index >= 15 is 0 Å². The summed E-state index contributed by atoms with van der Waals surface area (Å²) in [4.78, 5) is 11.7. The average molecular weight is 292 g/mol. The second-order valence-corrected chi connectivity index (χ2v) is 4.55. The molecule has 4 nitrogen and oxygen atoms in total. The molecule has 0 fully saturated rings. The normalized spacial score (nSPS) is 10.8. The molecule has 0 aliphatic carbocycles. The molecule has 0 aliphatic heterocycles. The first-order chi connectivity index (χ1) is 9.15. The van der Waals surface area contributed by atoms with Crippen LogP contribution in [-0.2, 0) is 0 Å². The van der Waals surface area contributed by atoms with Crippen LogP contribution in [0.25, 0.3) is 22.2 Å². The molecule has 0 atom stereocenters. The number of hydrogen-bond acceptors (Lipinski definition) is 4. The number of aromatic hydroxyl groups is 1. The van der Waals surface area contributed by atoms with Gasteiger partial charge in [-0.05, 0) is 40.0 Å². The Kier molecular flexibility index (Phi) is 2.97. The van der Waals surface area contributed by atoms with E-state index in [0.717, 1.165) is 10.8 Å². The molecule has 0 amide bonds. The maximum Gasteiger partial charge on any atom is 0.227 e. The van der Waals surface area contributed by atoms with E-state index in [1.165, 1.54) is 0 Å². The molecule has 0 saturated carbocycles. The molecule has 0 bridgehead atoms. The zero-order valence-corrected chi connectivity index (χ0v) is 11.0. The van der Waals surface area contributed by atoms with Crippen LogP contribution < -0.4 is 0 Å². The lowest BCUT2D eigenvalue weighted by molar-refractivity contribution is 0.477. The van der Waals surface area contributed by atoms with Gasteiger partial charge >= 0.3 is 0 Å². The maximum atomic E-state index is 10.1. The van der Waals surface area contributed by atoms with Crippen LogP contribution in [0.3, 0.4) is 0 Å². The molecule has 0 aliphatic rings. The highest BCUT2D eigenvalue weighted by atomic mass is 35.5. The predicted octanol–water partition coefficient (Wildman–Crippen LogP) is 3.70. The minimum absolute atomic E-state index is 0.0117. The molecule has 94 valence electrons. The Morgan fingerprint density at radius 2 is 1.53 bits per heavy atom. The Morgan fingerprint density at radius 3 is 2.26 bits per heavy atom. The van der Waals surface area contributed by atoms with E-state index in [4.69, 9.17) is 23.2 Å². The first kappa shape index (κ1) is 12.1. The van der Waals surface area contributed by atoms with Crippen molar-refractivity contribution in [3.05, 3.63) is 47.0 Å². The van der Waals surface area contributed by atoms with Gasteiger partial charge in [-0.2, -0.15) is 15.0 Å². The van der Waals surface area contributed by atoms with Crippen molar-refractivity contribution in [2.24, 2.45) is 0 Å². The van der Waals surface area contributed by atoms with Crippen molar-refractivity contribution < 1.29 is 5.11 Å². The van der Waals surface area contributed by atoms with E-state index in [-0.39, 0.29) is 22.1 Å². The number of fused-ring (bicyclic) bond motifs is 1. The van der Waals surface area contributed by atoms with Crippen molar-refractivity contribution in [2.45, 2.75) is 0 Å². The van der Waals surface area contributed by atoms with E-state index in [1.54, 1.807) is 6.07 Å². The predicted molar refractivity (Wildman–Crippen MR) is 74.5 cm³/mol.